The standard InChI is InChI=1S/C31H38N6O7S/c1-36-15-9-4-3-8-12-21-18-31(21,29(39)35-45(41,42)23-13-14-23)34-28(38)24-16-22(19-37(24)30(36)40)44-26-17-25(43-2)32-27(33-26)20-10-6-5-7-11-20/h5-8,10-12,17,21-24H,3-4,9,13-16,18-19H2,1-2H3,(H,34,38)(H,35,39)/b12-8-/t21-,22-,24+,31-/m1/s1. The van der Waals surface area contributed by atoms with Gasteiger partial charge in [-0.25, -0.2) is 13.2 Å². The predicted octanol–water partition coefficient (Wildman–Crippen LogP) is 2.25. The summed E-state index contributed by atoms with van der Waals surface area (Å²) in [6.45, 7) is 0.619. The van der Waals surface area contributed by atoms with E-state index in [4.69, 9.17) is 9.47 Å². The molecule has 3 fully saturated rings. The van der Waals surface area contributed by atoms with Gasteiger partial charge in [-0.1, -0.05) is 42.5 Å². The molecule has 1 aromatic heterocycles. The molecule has 0 radical (unpaired) electrons. The molecule has 0 unspecified atom stereocenters. The minimum atomic E-state index is -3.82. The second-order valence-electron chi connectivity index (χ2n) is 12.2. The molecule has 3 heterocycles. The van der Waals surface area contributed by atoms with Crippen molar-refractivity contribution >= 4 is 27.9 Å². The average molecular weight is 639 g/mol. The van der Waals surface area contributed by atoms with Crippen molar-refractivity contribution in [3.8, 4) is 23.1 Å². The molecule has 14 heteroatoms. The Labute approximate surface area is 262 Å². The van der Waals surface area contributed by atoms with Gasteiger partial charge in [0, 0.05) is 31.5 Å². The fourth-order valence-electron chi connectivity index (χ4n) is 5.95. The van der Waals surface area contributed by atoms with E-state index in [0.717, 1.165) is 24.8 Å². The highest BCUT2D eigenvalue weighted by Crippen LogP contribution is 2.46. The number of benzene rings is 1. The third-order valence-electron chi connectivity index (χ3n) is 8.79. The maximum absolute atomic E-state index is 13.9. The summed E-state index contributed by atoms with van der Waals surface area (Å²) in [7, 11) is -0.630. The highest BCUT2D eigenvalue weighted by Gasteiger charge is 2.62. The molecule has 0 bridgehead atoms. The number of carbonyl (C=O) groups excluding carboxylic acids is 3. The van der Waals surface area contributed by atoms with Crippen LogP contribution in [0.5, 0.6) is 11.8 Å². The number of aromatic nitrogens is 2. The van der Waals surface area contributed by atoms with Crippen molar-refractivity contribution in [3.63, 3.8) is 0 Å². The van der Waals surface area contributed by atoms with Crippen molar-refractivity contribution in [2.24, 2.45) is 5.92 Å². The van der Waals surface area contributed by atoms with E-state index < -0.39 is 44.8 Å². The summed E-state index contributed by atoms with van der Waals surface area (Å²) in [5.74, 6) is -0.716. The van der Waals surface area contributed by atoms with Crippen molar-refractivity contribution in [1.82, 2.24) is 29.8 Å². The normalized spacial score (nSPS) is 27.8. The fraction of sp³-hybridized carbons (Fsp3) is 0.516. The van der Waals surface area contributed by atoms with Crippen molar-refractivity contribution in [2.45, 2.75) is 67.9 Å². The lowest BCUT2D eigenvalue weighted by atomic mass is 10.1. The molecule has 240 valence electrons. The van der Waals surface area contributed by atoms with E-state index in [-0.39, 0.29) is 37.2 Å². The number of hydrogen-bond acceptors (Lipinski definition) is 9. The first kappa shape index (κ1) is 30.8. The largest absolute Gasteiger partial charge is 0.481 e. The van der Waals surface area contributed by atoms with Crippen LogP contribution in [-0.2, 0) is 19.6 Å². The van der Waals surface area contributed by atoms with E-state index in [9.17, 15) is 22.8 Å². The van der Waals surface area contributed by atoms with Crippen molar-refractivity contribution in [2.75, 3.05) is 27.2 Å². The lowest BCUT2D eigenvalue weighted by Crippen LogP contribution is -2.57. The number of carbonyl (C=O) groups is 3. The molecule has 2 N–H and O–H groups in total. The predicted molar refractivity (Wildman–Crippen MR) is 164 cm³/mol. The molecule has 4 amide bonds. The van der Waals surface area contributed by atoms with Gasteiger partial charge < -0.3 is 24.6 Å². The molecule has 0 spiro atoms. The van der Waals surface area contributed by atoms with Crippen molar-refractivity contribution < 1.29 is 32.3 Å². The maximum Gasteiger partial charge on any atom is 0.320 e. The molecule has 4 aliphatic rings. The van der Waals surface area contributed by atoms with Crippen LogP contribution in [0.2, 0.25) is 0 Å². The average Bonchev–Trinajstić information content (AvgIpc) is 3.95. The number of sulfonamides is 1. The zero-order valence-corrected chi connectivity index (χ0v) is 26.2. The lowest BCUT2D eigenvalue weighted by molar-refractivity contribution is -0.131. The van der Waals surface area contributed by atoms with Gasteiger partial charge in [-0.3, -0.25) is 14.3 Å². The molecule has 2 aromatic rings. The van der Waals surface area contributed by atoms with Crippen LogP contribution in [0.4, 0.5) is 4.79 Å². The van der Waals surface area contributed by atoms with Crippen LogP contribution in [0.3, 0.4) is 0 Å². The molecule has 4 atom stereocenters. The number of allylic oxidation sites excluding steroid dienone is 1. The van der Waals surface area contributed by atoms with Gasteiger partial charge >= 0.3 is 6.03 Å². The van der Waals surface area contributed by atoms with Crippen LogP contribution in [0.1, 0.15) is 44.9 Å². The summed E-state index contributed by atoms with van der Waals surface area (Å²) in [4.78, 5) is 53.1. The zero-order chi connectivity index (χ0) is 31.8. The van der Waals surface area contributed by atoms with Gasteiger partial charge in [0.15, 0.2) is 5.82 Å². The summed E-state index contributed by atoms with van der Waals surface area (Å²) < 4.78 is 39.1. The van der Waals surface area contributed by atoms with Gasteiger partial charge in [-0.15, -0.1) is 0 Å². The van der Waals surface area contributed by atoms with Gasteiger partial charge in [-0.05, 0) is 38.5 Å². The molecule has 1 saturated heterocycles. The van der Waals surface area contributed by atoms with Crippen molar-refractivity contribution in [3.05, 3.63) is 48.6 Å². The Morgan fingerprint density at radius 2 is 1.87 bits per heavy atom. The number of urea groups is 1. The maximum atomic E-state index is 13.9. The number of amides is 4. The Morgan fingerprint density at radius 3 is 2.60 bits per heavy atom. The number of fused-ring (bicyclic) bond motifs is 2. The van der Waals surface area contributed by atoms with Crippen LogP contribution in [0, 0.1) is 5.92 Å². The lowest BCUT2D eigenvalue weighted by Gasteiger charge is -2.30. The molecular weight excluding hydrogens is 600 g/mol. The molecule has 6 rings (SSSR count). The third-order valence-corrected chi connectivity index (χ3v) is 10.6. The summed E-state index contributed by atoms with van der Waals surface area (Å²) >= 11 is 0. The Bertz CT molecular complexity index is 1600. The Balaban J connectivity index is 1.26. The molecular formula is C31H38N6O7S. The monoisotopic (exact) mass is 638 g/mol. The Morgan fingerprint density at radius 1 is 1.11 bits per heavy atom. The number of nitrogens with one attached hydrogen (secondary N) is 2. The van der Waals surface area contributed by atoms with Crippen LogP contribution in [-0.4, -0.2) is 96.2 Å². The second-order valence-corrected chi connectivity index (χ2v) is 14.1. The van der Waals surface area contributed by atoms with Crippen LogP contribution < -0.4 is 19.5 Å². The van der Waals surface area contributed by atoms with Crippen LogP contribution in [0.15, 0.2) is 48.6 Å². The van der Waals surface area contributed by atoms with E-state index in [1.807, 2.05) is 42.5 Å². The summed E-state index contributed by atoms with van der Waals surface area (Å²) in [5, 5.41) is 2.28. The number of hydrogen-bond donors (Lipinski definition) is 2. The number of ether oxygens (including phenoxy) is 2. The summed E-state index contributed by atoms with van der Waals surface area (Å²) in [6, 6.07) is 9.62. The van der Waals surface area contributed by atoms with Crippen molar-refractivity contribution in [1.29, 1.82) is 0 Å². The van der Waals surface area contributed by atoms with Gasteiger partial charge in [0.1, 0.15) is 17.7 Å². The molecule has 2 aliphatic carbocycles. The van der Waals surface area contributed by atoms with E-state index in [0.29, 0.717) is 31.1 Å². The fourth-order valence-corrected chi connectivity index (χ4v) is 7.32. The Kier molecular flexibility index (Phi) is 8.42. The zero-order valence-electron chi connectivity index (χ0n) is 25.3. The van der Waals surface area contributed by atoms with Gasteiger partial charge in [-0.2, -0.15) is 9.97 Å². The number of methoxy groups -OCH3 is 1. The third kappa shape index (κ3) is 6.60. The van der Waals surface area contributed by atoms with E-state index in [1.54, 1.807) is 18.0 Å². The minimum Gasteiger partial charge on any atom is -0.481 e. The smallest absolute Gasteiger partial charge is 0.320 e. The molecule has 2 saturated carbocycles. The van der Waals surface area contributed by atoms with Crippen LogP contribution >= 0.6 is 0 Å². The number of nitrogens with zero attached hydrogens (tertiary/aromatic N) is 4. The first-order chi connectivity index (χ1) is 21.6. The Hall–Kier alpha value is -4.20. The van der Waals surface area contributed by atoms with E-state index >= 15 is 0 Å². The first-order valence-electron chi connectivity index (χ1n) is 15.3. The van der Waals surface area contributed by atoms with E-state index in [1.165, 1.54) is 12.0 Å². The molecule has 2 aliphatic heterocycles. The minimum absolute atomic E-state index is 0.104. The molecule has 13 nitrogen and oxygen atoms in total. The SMILES string of the molecule is COc1cc(O[C@@H]2C[C@H]3C(=O)N[C@]4(C(=O)NS(=O)(=O)C5CC5)C[C@H]4/C=C\CCCCN(C)C(=O)N3C2)nc(-c2ccccc2)n1. The van der Waals surface area contributed by atoms with E-state index in [2.05, 4.69) is 20.0 Å². The second kappa shape index (κ2) is 12.3. The van der Waals surface area contributed by atoms with Gasteiger partial charge in [0.25, 0.3) is 5.91 Å². The van der Waals surface area contributed by atoms with Gasteiger partial charge in [0.05, 0.1) is 25.0 Å². The highest BCUT2D eigenvalue weighted by molar-refractivity contribution is 7.91. The van der Waals surface area contributed by atoms with Gasteiger partial charge in [0.2, 0.25) is 27.7 Å². The quantitative estimate of drug-likeness (QED) is 0.434. The molecule has 1 aromatic carbocycles. The highest BCUT2D eigenvalue weighted by atomic mass is 32.2. The topological polar surface area (TPSA) is 160 Å². The number of rotatable bonds is 7. The summed E-state index contributed by atoms with van der Waals surface area (Å²) in [6.07, 6.45) is 6.98. The first-order valence-corrected chi connectivity index (χ1v) is 16.9. The molecule has 45 heavy (non-hydrogen) atoms. The summed E-state index contributed by atoms with van der Waals surface area (Å²) in [5.41, 5.74) is -0.648. The van der Waals surface area contributed by atoms with Crippen LogP contribution in [0.25, 0.3) is 11.4 Å².